The molecule has 152 valence electrons. The number of halogens is 1. The van der Waals surface area contributed by atoms with Gasteiger partial charge in [0.1, 0.15) is 5.82 Å². The number of nitrogens with zero attached hydrogens (tertiary/aromatic N) is 2. The second-order valence-corrected chi connectivity index (χ2v) is 11.0. The van der Waals surface area contributed by atoms with Gasteiger partial charge < -0.3 is 0 Å². The molecular formula is C20H21ClN4O2S2. The largest absolute Gasteiger partial charge is 0.298 e. The lowest BCUT2D eigenvalue weighted by Crippen LogP contribution is -2.16. The zero-order chi connectivity index (χ0) is 20.8. The van der Waals surface area contributed by atoms with Crippen LogP contribution in [0.3, 0.4) is 0 Å². The van der Waals surface area contributed by atoms with Crippen molar-refractivity contribution in [1.82, 2.24) is 15.3 Å². The summed E-state index contributed by atoms with van der Waals surface area (Å²) < 4.78 is 28.1. The van der Waals surface area contributed by atoms with Crippen molar-refractivity contribution >= 4 is 38.8 Å². The van der Waals surface area contributed by atoms with Crippen LogP contribution in [-0.2, 0) is 15.4 Å². The van der Waals surface area contributed by atoms with Crippen LogP contribution in [0, 0.1) is 0 Å². The van der Waals surface area contributed by atoms with Crippen molar-refractivity contribution in [2.75, 3.05) is 4.72 Å². The molecule has 2 atom stereocenters. The fourth-order valence-corrected chi connectivity index (χ4v) is 5.00. The van der Waals surface area contributed by atoms with Crippen molar-refractivity contribution in [2.24, 2.45) is 0 Å². The summed E-state index contributed by atoms with van der Waals surface area (Å²) >= 11 is 7.87. The van der Waals surface area contributed by atoms with Gasteiger partial charge in [-0.05, 0) is 35.2 Å². The molecule has 2 aromatic heterocycles. The van der Waals surface area contributed by atoms with E-state index in [4.69, 9.17) is 11.6 Å². The van der Waals surface area contributed by atoms with Crippen molar-refractivity contribution in [3.05, 3.63) is 69.3 Å². The average Bonchev–Trinajstić information content (AvgIpc) is 3.26. The summed E-state index contributed by atoms with van der Waals surface area (Å²) in [6, 6.07) is 10.2. The van der Waals surface area contributed by atoms with E-state index in [2.05, 4.69) is 40.8 Å². The fraction of sp³-hybridized carbons (Fsp3) is 0.300. The minimum absolute atomic E-state index is 0.0474. The second kappa shape index (κ2) is 7.36. The van der Waals surface area contributed by atoms with E-state index in [9.17, 15) is 8.42 Å². The number of sulfonamides is 1. The molecule has 0 spiro atoms. The van der Waals surface area contributed by atoms with Crippen molar-refractivity contribution < 1.29 is 8.42 Å². The van der Waals surface area contributed by atoms with Crippen molar-refractivity contribution in [3.63, 3.8) is 0 Å². The van der Waals surface area contributed by atoms with Crippen LogP contribution in [0.15, 0.2) is 53.0 Å². The van der Waals surface area contributed by atoms with Crippen LogP contribution in [0.4, 0.5) is 5.82 Å². The summed E-state index contributed by atoms with van der Waals surface area (Å²) in [6.45, 7) is 6.25. The van der Waals surface area contributed by atoms with Gasteiger partial charge in [0.2, 0.25) is 0 Å². The summed E-state index contributed by atoms with van der Waals surface area (Å²) in [5.41, 5.74) is 3.41. The number of benzene rings is 1. The zero-order valence-corrected chi connectivity index (χ0v) is 18.6. The maximum Gasteiger partial charge on any atom is 0.263 e. The Hall–Kier alpha value is -2.00. The van der Waals surface area contributed by atoms with Gasteiger partial charge in [-0.3, -0.25) is 15.0 Å². The lowest BCUT2D eigenvalue weighted by atomic mass is 9.87. The molecule has 0 saturated carbocycles. The number of hydrogen-bond donors (Lipinski definition) is 2. The molecule has 2 N–H and O–H groups in total. The van der Waals surface area contributed by atoms with Crippen LogP contribution in [0.25, 0.3) is 0 Å². The van der Waals surface area contributed by atoms with Crippen LogP contribution in [0.5, 0.6) is 0 Å². The standard InChI is InChI=1S/C20H21ClN4O2S2/c1-20(2,3)12-4-6-13(7-5-12)29(26,27)25-16-9-8-14(21)17(23-16)19-18(24-19)15-10-22-11-28-15/h4-11,18-19,24H,1-3H3,(H,23,25). The molecule has 0 amide bonds. The molecule has 0 radical (unpaired) electrons. The van der Waals surface area contributed by atoms with E-state index >= 15 is 0 Å². The first-order chi connectivity index (χ1) is 13.6. The van der Waals surface area contributed by atoms with E-state index in [0.717, 1.165) is 10.4 Å². The molecule has 9 heteroatoms. The predicted molar refractivity (Wildman–Crippen MR) is 116 cm³/mol. The Balaban J connectivity index is 1.55. The average molecular weight is 449 g/mol. The first kappa shape index (κ1) is 20.3. The molecule has 1 saturated heterocycles. The highest BCUT2D eigenvalue weighted by atomic mass is 35.5. The Bertz CT molecular complexity index is 1120. The summed E-state index contributed by atoms with van der Waals surface area (Å²) in [5, 5.41) is 3.81. The van der Waals surface area contributed by atoms with Crippen LogP contribution < -0.4 is 10.0 Å². The van der Waals surface area contributed by atoms with Crippen LogP contribution in [-0.4, -0.2) is 18.4 Å². The number of hydrogen-bond acceptors (Lipinski definition) is 6. The van der Waals surface area contributed by atoms with Crippen molar-refractivity contribution in [1.29, 1.82) is 0 Å². The van der Waals surface area contributed by atoms with Gasteiger partial charge in [-0.15, -0.1) is 11.3 Å². The molecule has 2 unspecified atom stereocenters. The quantitative estimate of drug-likeness (QED) is 0.553. The molecule has 4 rings (SSSR count). The first-order valence-electron chi connectivity index (χ1n) is 9.09. The molecule has 3 heterocycles. The lowest BCUT2D eigenvalue weighted by Gasteiger charge is -2.19. The molecule has 1 aliphatic heterocycles. The van der Waals surface area contributed by atoms with Crippen LogP contribution >= 0.6 is 22.9 Å². The van der Waals surface area contributed by atoms with E-state index in [1.165, 1.54) is 0 Å². The van der Waals surface area contributed by atoms with E-state index in [0.29, 0.717) is 10.7 Å². The van der Waals surface area contributed by atoms with Gasteiger partial charge >= 0.3 is 0 Å². The van der Waals surface area contributed by atoms with Gasteiger partial charge in [0.05, 0.1) is 33.2 Å². The Labute approximate surface area is 179 Å². The molecule has 0 aliphatic carbocycles. The highest BCUT2D eigenvalue weighted by Crippen LogP contribution is 2.45. The Morgan fingerprint density at radius 2 is 1.83 bits per heavy atom. The molecule has 0 bridgehead atoms. The van der Waals surface area contributed by atoms with Gasteiger partial charge in [-0.2, -0.15) is 0 Å². The number of anilines is 1. The van der Waals surface area contributed by atoms with Crippen molar-refractivity contribution in [3.8, 4) is 0 Å². The molecule has 1 aliphatic rings. The number of thiazole rings is 1. The number of pyridine rings is 1. The Morgan fingerprint density at radius 3 is 2.45 bits per heavy atom. The normalized spacial score (nSPS) is 19.2. The van der Waals surface area contributed by atoms with Crippen LogP contribution in [0.1, 0.15) is 49.0 Å². The minimum atomic E-state index is -3.75. The molecule has 1 aromatic carbocycles. The van der Waals surface area contributed by atoms with E-state index in [1.54, 1.807) is 41.1 Å². The van der Waals surface area contributed by atoms with Gasteiger partial charge in [-0.1, -0.05) is 44.5 Å². The van der Waals surface area contributed by atoms with Crippen LogP contribution in [0.2, 0.25) is 5.02 Å². The maximum atomic E-state index is 12.8. The topological polar surface area (TPSA) is 93.9 Å². The van der Waals surface area contributed by atoms with E-state index in [1.807, 2.05) is 18.3 Å². The number of nitrogens with one attached hydrogen (secondary N) is 2. The highest BCUT2D eigenvalue weighted by molar-refractivity contribution is 7.92. The number of aromatic nitrogens is 2. The molecule has 6 nitrogen and oxygen atoms in total. The third-order valence-corrected chi connectivity index (χ3v) is 7.33. The fourth-order valence-electron chi connectivity index (χ4n) is 3.06. The Kier molecular flexibility index (Phi) is 5.14. The zero-order valence-electron chi connectivity index (χ0n) is 16.2. The van der Waals surface area contributed by atoms with E-state index < -0.39 is 10.0 Å². The Morgan fingerprint density at radius 1 is 1.10 bits per heavy atom. The first-order valence-corrected chi connectivity index (χ1v) is 11.8. The molecule has 1 fully saturated rings. The monoisotopic (exact) mass is 448 g/mol. The number of rotatable bonds is 5. The smallest absolute Gasteiger partial charge is 0.263 e. The second-order valence-electron chi connectivity index (χ2n) is 7.97. The predicted octanol–water partition coefficient (Wildman–Crippen LogP) is 4.68. The molecule has 3 aromatic rings. The SMILES string of the molecule is CC(C)(C)c1ccc(S(=O)(=O)Nc2ccc(Cl)c(C3NC3c3cncs3)n2)cc1. The van der Waals surface area contributed by atoms with Gasteiger partial charge in [-0.25, -0.2) is 13.4 Å². The summed E-state index contributed by atoms with van der Waals surface area (Å²) in [4.78, 5) is 9.84. The maximum absolute atomic E-state index is 12.8. The lowest BCUT2D eigenvalue weighted by molar-refractivity contribution is 0.587. The summed E-state index contributed by atoms with van der Waals surface area (Å²) in [5.74, 6) is 0.237. The van der Waals surface area contributed by atoms with Crippen molar-refractivity contribution in [2.45, 2.75) is 43.2 Å². The third kappa shape index (κ3) is 4.30. The minimum Gasteiger partial charge on any atom is -0.298 e. The summed E-state index contributed by atoms with van der Waals surface area (Å²) in [6.07, 6.45) is 1.81. The van der Waals surface area contributed by atoms with E-state index in [-0.39, 0.29) is 28.2 Å². The van der Waals surface area contributed by atoms with Gasteiger partial charge in [0.15, 0.2) is 0 Å². The molecular weight excluding hydrogens is 428 g/mol. The highest BCUT2D eigenvalue weighted by Gasteiger charge is 2.42. The summed E-state index contributed by atoms with van der Waals surface area (Å²) in [7, 11) is -3.75. The molecule has 29 heavy (non-hydrogen) atoms. The third-order valence-electron chi connectivity index (χ3n) is 4.78. The van der Waals surface area contributed by atoms with Gasteiger partial charge in [0, 0.05) is 11.1 Å². The van der Waals surface area contributed by atoms with Gasteiger partial charge in [0.25, 0.3) is 10.0 Å².